The summed E-state index contributed by atoms with van der Waals surface area (Å²) >= 11 is 0. The largest absolute Gasteiger partial charge is 0.371 e. The zero-order valence-corrected chi connectivity index (χ0v) is 28.1. The molecule has 3 N–H and O–H groups in total. The van der Waals surface area contributed by atoms with E-state index in [0.717, 1.165) is 56.3 Å². The van der Waals surface area contributed by atoms with Gasteiger partial charge in [-0.3, -0.25) is 14.6 Å². The minimum absolute atomic E-state index is 0.179. The Bertz CT molecular complexity index is 1480. The first-order valence-corrected chi connectivity index (χ1v) is 17.0. The van der Waals surface area contributed by atoms with Crippen molar-refractivity contribution in [1.29, 1.82) is 0 Å². The number of piperidine rings is 1. The number of piperazine rings is 1. The van der Waals surface area contributed by atoms with Gasteiger partial charge in [0, 0.05) is 89.4 Å². The molecule has 0 spiro atoms. The second-order valence-corrected chi connectivity index (χ2v) is 13.4. The number of aromatic nitrogens is 2. The molecule has 3 fully saturated rings. The highest BCUT2D eigenvalue weighted by molar-refractivity contribution is 5.96. The van der Waals surface area contributed by atoms with Crippen molar-refractivity contribution >= 4 is 28.9 Å². The molecule has 6 rings (SSSR count). The first-order chi connectivity index (χ1) is 22.3. The fraction of sp³-hybridized carbons (Fsp3) is 0.528. The summed E-state index contributed by atoms with van der Waals surface area (Å²) in [7, 11) is 4.32. The van der Waals surface area contributed by atoms with Gasteiger partial charge in [0.1, 0.15) is 0 Å². The monoisotopic (exact) mass is 625 g/mol. The Balaban J connectivity index is 1.14. The van der Waals surface area contributed by atoms with Crippen molar-refractivity contribution in [2.75, 3.05) is 81.6 Å². The van der Waals surface area contributed by atoms with Crippen LogP contribution in [0.3, 0.4) is 0 Å². The topological polar surface area (TPSA) is 97.1 Å². The highest BCUT2D eigenvalue weighted by Crippen LogP contribution is 2.31. The van der Waals surface area contributed by atoms with E-state index in [1.165, 1.54) is 55.8 Å². The molecule has 1 atom stereocenters. The average molecular weight is 626 g/mol. The average Bonchev–Trinajstić information content (AvgIpc) is 3.53. The Kier molecular flexibility index (Phi) is 10.1. The maximum absolute atomic E-state index is 12.6. The molecule has 4 heterocycles. The lowest BCUT2D eigenvalue weighted by molar-refractivity contribution is 0.0982. The number of carbonyl (C=O) groups excluding carboxylic acids is 1. The van der Waals surface area contributed by atoms with Gasteiger partial charge in [0.05, 0.1) is 5.69 Å². The van der Waals surface area contributed by atoms with Crippen molar-refractivity contribution in [1.82, 2.24) is 24.7 Å². The van der Waals surface area contributed by atoms with Crippen molar-refractivity contribution < 1.29 is 4.79 Å². The molecule has 3 aliphatic heterocycles. The fourth-order valence-corrected chi connectivity index (χ4v) is 7.41. The smallest absolute Gasteiger partial charge is 0.271 e. The lowest BCUT2D eigenvalue weighted by atomic mass is 10.0. The highest BCUT2D eigenvalue weighted by atomic mass is 16.1. The van der Waals surface area contributed by atoms with Crippen LogP contribution in [-0.4, -0.2) is 109 Å². The zero-order chi connectivity index (χ0) is 32.2. The van der Waals surface area contributed by atoms with E-state index < -0.39 is 5.91 Å². The number of hydrogen-bond donors (Lipinski definition) is 2. The summed E-state index contributed by atoms with van der Waals surface area (Å²) in [5, 5.41) is 3.42. The summed E-state index contributed by atoms with van der Waals surface area (Å²) < 4.78 is 0. The summed E-state index contributed by atoms with van der Waals surface area (Å²) in [6.07, 6.45) is 4.10. The minimum atomic E-state index is -0.578. The molecule has 0 aliphatic carbocycles. The Labute approximate surface area is 274 Å². The lowest BCUT2D eigenvalue weighted by Gasteiger charge is -2.43. The number of nitrogens with zero attached hydrogens (tertiary/aromatic N) is 7. The van der Waals surface area contributed by atoms with Gasteiger partial charge in [-0.1, -0.05) is 37.3 Å². The first kappa shape index (κ1) is 32.2. The number of rotatable bonds is 10. The molecule has 3 aliphatic rings. The predicted octanol–water partition coefficient (Wildman–Crippen LogP) is 4.12. The molecule has 0 saturated carbocycles. The molecule has 3 saturated heterocycles. The Morgan fingerprint density at radius 3 is 2.39 bits per heavy atom. The molecular formula is C36H51N9O. The van der Waals surface area contributed by atoms with Crippen LogP contribution < -0.4 is 20.9 Å². The third kappa shape index (κ3) is 7.29. The van der Waals surface area contributed by atoms with Crippen molar-refractivity contribution in [3.63, 3.8) is 0 Å². The standard InChI is InChI=1S/C36H51N9O/c1-5-31-36(42(4)30-13-16-43(25-30)24-27-9-7-6-8-10-27)40-35(33(39-31)34(37)46)38-28-11-12-32(26(2)23-28)45-17-14-29(15-18-45)44-21-19-41(3)20-22-44/h6-12,23,29-30H,5,13-22,24-25H2,1-4H3,(H2,37,46)(H,38,40)/t30-/m1/s1. The third-order valence-corrected chi connectivity index (χ3v) is 10.2. The second kappa shape index (κ2) is 14.4. The van der Waals surface area contributed by atoms with Gasteiger partial charge in [-0.2, -0.15) is 0 Å². The van der Waals surface area contributed by atoms with E-state index in [0.29, 0.717) is 24.3 Å². The summed E-state index contributed by atoms with van der Waals surface area (Å²) in [6.45, 7) is 14.0. The van der Waals surface area contributed by atoms with Crippen molar-refractivity contribution in [2.24, 2.45) is 5.73 Å². The van der Waals surface area contributed by atoms with Crippen LogP contribution in [0.5, 0.6) is 0 Å². The number of hydrogen-bond acceptors (Lipinski definition) is 9. The number of anilines is 4. The van der Waals surface area contributed by atoms with Crippen LogP contribution >= 0.6 is 0 Å². The molecule has 1 aromatic heterocycles. The van der Waals surface area contributed by atoms with E-state index in [1.807, 2.05) is 6.92 Å². The van der Waals surface area contributed by atoms with Crippen LogP contribution in [0.25, 0.3) is 0 Å². The quantitative estimate of drug-likeness (QED) is 0.345. The molecule has 10 nitrogen and oxygen atoms in total. The van der Waals surface area contributed by atoms with E-state index in [9.17, 15) is 4.79 Å². The number of amides is 1. The highest BCUT2D eigenvalue weighted by Gasteiger charge is 2.30. The van der Waals surface area contributed by atoms with Crippen LogP contribution in [-0.2, 0) is 13.0 Å². The predicted molar refractivity (Wildman–Crippen MR) is 187 cm³/mol. The fourth-order valence-electron chi connectivity index (χ4n) is 7.41. The number of nitrogens with two attached hydrogens (primary N) is 1. The number of aryl methyl sites for hydroxylation is 2. The summed E-state index contributed by atoms with van der Waals surface area (Å²) in [5.41, 5.74) is 11.5. The molecule has 246 valence electrons. The first-order valence-electron chi connectivity index (χ1n) is 17.0. The van der Waals surface area contributed by atoms with E-state index in [4.69, 9.17) is 15.7 Å². The molecule has 46 heavy (non-hydrogen) atoms. The number of carbonyl (C=O) groups is 1. The van der Waals surface area contributed by atoms with Crippen LogP contribution in [0.4, 0.5) is 23.0 Å². The van der Waals surface area contributed by atoms with Gasteiger partial charge in [-0.25, -0.2) is 9.97 Å². The van der Waals surface area contributed by atoms with Gasteiger partial charge >= 0.3 is 0 Å². The lowest BCUT2D eigenvalue weighted by Crippen LogP contribution is -2.52. The van der Waals surface area contributed by atoms with E-state index in [2.05, 4.69) is 99.4 Å². The van der Waals surface area contributed by atoms with Crippen LogP contribution in [0, 0.1) is 6.92 Å². The van der Waals surface area contributed by atoms with Gasteiger partial charge in [0.15, 0.2) is 17.3 Å². The molecule has 10 heteroatoms. The normalized spacial score (nSPS) is 20.3. The SMILES string of the molecule is CCc1nc(C(N)=O)c(Nc2ccc(N3CCC(N4CCN(C)CC4)CC3)c(C)c2)nc1N(C)[C@@H]1CCN(Cc2ccccc2)C1. The van der Waals surface area contributed by atoms with Crippen LogP contribution in [0.2, 0.25) is 0 Å². The van der Waals surface area contributed by atoms with Gasteiger partial charge in [0.25, 0.3) is 5.91 Å². The van der Waals surface area contributed by atoms with Crippen molar-refractivity contribution in [3.8, 4) is 0 Å². The van der Waals surface area contributed by atoms with E-state index in [1.54, 1.807) is 0 Å². The molecule has 3 aromatic rings. The van der Waals surface area contributed by atoms with Crippen molar-refractivity contribution in [2.45, 2.75) is 58.2 Å². The second-order valence-electron chi connectivity index (χ2n) is 13.4. The summed E-state index contributed by atoms with van der Waals surface area (Å²) in [4.78, 5) is 34.7. The van der Waals surface area contributed by atoms with Gasteiger partial charge in [-0.05, 0) is 69.0 Å². The van der Waals surface area contributed by atoms with E-state index >= 15 is 0 Å². The number of likely N-dealkylation sites (tertiary alicyclic amines) is 1. The molecule has 2 aromatic carbocycles. The third-order valence-electron chi connectivity index (χ3n) is 10.2. The van der Waals surface area contributed by atoms with E-state index in [-0.39, 0.29) is 5.69 Å². The molecule has 0 unspecified atom stereocenters. The number of primary amides is 1. The van der Waals surface area contributed by atoms with Gasteiger partial charge in [0.2, 0.25) is 0 Å². The zero-order valence-electron chi connectivity index (χ0n) is 28.1. The van der Waals surface area contributed by atoms with Gasteiger partial charge < -0.3 is 25.8 Å². The number of likely N-dealkylation sites (N-methyl/N-ethyl adjacent to an activating group) is 2. The molecule has 0 bridgehead atoms. The molecule has 0 radical (unpaired) electrons. The van der Waals surface area contributed by atoms with Crippen LogP contribution in [0.1, 0.15) is 53.5 Å². The summed E-state index contributed by atoms with van der Waals surface area (Å²) in [6, 6.07) is 18.0. The molecular weight excluding hydrogens is 574 g/mol. The molecule has 1 amide bonds. The Hall–Kier alpha value is -3.73. The van der Waals surface area contributed by atoms with Crippen LogP contribution in [0.15, 0.2) is 48.5 Å². The maximum Gasteiger partial charge on any atom is 0.271 e. The maximum atomic E-state index is 12.6. The van der Waals surface area contributed by atoms with Gasteiger partial charge in [-0.15, -0.1) is 0 Å². The number of benzene rings is 2. The Morgan fingerprint density at radius 1 is 0.978 bits per heavy atom. The van der Waals surface area contributed by atoms with Crippen molar-refractivity contribution in [3.05, 3.63) is 71.0 Å². The summed E-state index contributed by atoms with van der Waals surface area (Å²) in [5.74, 6) is 0.634. The Morgan fingerprint density at radius 2 is 1.72 bits per heavy atom. The minimum Gasteiger partial charge on any atom is -0.371 e. The number of nitrogens with one attached hydrogen (secondary N) is 1.